The van der Waals surface area contributed by atoms with Crippen molar-refractivity contribution in [2.24, 2.45) is 0 Å². The summed E-state index contributed by atoms with van der Waals surface area (Å²) in [5, 5.41) is 12.1. The van der Waals surface area contributed by atoms with Crippen LogP contribution < -0.4 is 10.1 Å². The van der Waals surface area contributed by atoms with Gasteiger partial charge < -0.3 is 15.2 Å². The van der Waals surface area contributed by atoms with Crippen LogP contribution in [0.4, 0.5) is 0 Å². The van der Waals surface area contributed by atoms with E-state index in [0.29, 0.717) is 18.4 Å². The zero-order valence-corrected chi connectivity index (χ0v) is 12.7. The van der Waals surface area contributed by atoms with E-state index in [0.717, 1.165) is 11.3 Å². The zero-order valence-electron chi connectivity index (χ0n) is 12.7. The third-order valence-corrected chi connectivity index (χ3v) is 3.51. The first-order valence-electron chi connectivity index (χ1n) is 7.35. The Kier molecular flexibility index (Phi) is 5.98. The number of hydrogen-bond donors (Lipinski definition) is 2. The highest BCUT2D eigenvalue weighted by molar-refractivity contribution is 5.94. The lowest BCUT2D eigenvalue weighted by Gasteiger charge is -2.19. The predicted molar refractivity (Wildman–Crippen MR) is 86.0 cm³/mol. The molecule has 2 aromatic carbocycles. The summed E-state index contributed by atoms with van der Waals surface area (Å²) in [7, 11) is 1.59. The van der Waals surface area contributed by atoms with Gasteiger partial charge in [0, 0.05) is 12.2 Å². The van der Waals surface area contributed by atoms with Gasteiger partial charge in [0.15, 0.2) is 0 Å². The first kappa shape index (κ1) is 16.0. The minimum Gasteiger partial charge on any atom is -0.497 e. The zero-order chi connectivity index (χ0) is 15.8. The lowest BCUT2D eigenvalue weighted by molar-refractivity contribution is 0.0932. The van der Waals surface area contributed by atoms with Crippen molar-refractivity contribution in [3.8, 4) is 5.75 Å². The van der Waals surface area contributed by atoms with Crippen LogP contribution in [-0.4, -0.2) is 24.7 Å². The Morgan fingerprint density at radius 1 is 1.14 bits per heavy atom. The maximum atomic E-state index is 12.4. The van der Waals surface area contributed by atoms with Gasteiger partial charge in [0.1, 0.15) is 5.75 Å². The molecule has 0 aliphatic carbocycles. The fourth-order valence-corrected chi connectivity index (χ4v) is 2.29. The summed E-state index contributed by atoms with van der Waals surface area (Å²) in [6.45, 7) is 0.113. The molecule has 0 aromatic heterocycles. The van der Waals surface area contributed by atoms with Gasteiger partial charge in [0.05, 0.1) is 13.2 Å². The molecule has 0 spiro atoms. The monoisotopic (exact) mass is 299 g/mol. The molecule has 1 atom stereocenters. The van der Waals surface area contributed by atoms with Gasteiger partial charge >= 0.3 is 0 Å². The average Bonchev–Trinajstić information content (AvgIpc) is 2.59. The van der Waals surface area contributed by atoms with Gasteiger partial charge in [-0.15, -0.1) is 0 Å². The minimum absolute atomic E-state index is 0.108. The summed E-state index contributed by atoms with van der Waals surface area (Å²) < 4.78 is 5.09. The Bertz CT molecular complexity index is 581. The number of carbonyl (C=O) groups is 1. The van der Waals surface area contributed by atoms with E-state index in [1.54, 1.807) is 31.4 Å². The van der Waals surface area contributed by atoms with E-state index >= 15 is 0 Å². The Hall–Kier alpha value is -2.33. The van der Waals surface area contributed by atoms with Crippen molar-refractivity contribution >= 4 is 5.91 Å². The smallest absolute Gasteiger partial charge is 0.251 e. The highest BCUT2D eigenvalue weighted by Crippen LogP contribution is 2.19. The van der Waals surface area contributed by atoms with Crippen molar-refractivity contribution in [2.75, 3.05) is 13.7 Å². The highest BCUT2D eigenvalue weighted by atomic mass is 16.5. The summed E-state index contributed by atoms with van der Waals surface area (Å²) in [5.74, 6) is 0.589. The number of benzene rings is 2. The van der Waals surface area contributed by atoms with Crippen LogP contribution in [0.2, 0.25) is 0 Å². The van der Waals surface area contributed by atoms with Gasteiger partial charge in [-0.1, -0.05) is 30.3 Å². The molecule has 0 fully saturated rings. The first-order chi connectivity index (χ1) is 10.7. The van der Waals surface area contributed by atoms with Gasteiger partial charge in [-0.3, -0.25) is 4.79 Å². The number of amides is 1. The van der Waals surface area contributed by atoms with Crippen LogP contribution in [0.15, 0.2) is 54.6 Å². The van der Waals surface area contributed by atoms with Crippen LogP contribution >= 0.6 is 0 Å². The summed E-state index contributed by atoms with van der Waals surface area (Å²) >= 11 is 0. The summed E-state index contributed by atoms with van der Waals surface area (Å²) in [6.07, 6.45) is 1.34. The third-order valence-electron chi connectivity index (χ3n) is 3.51. The van der Waals surface area contributed by atoms with E-state index in [2.05, 4.69) is 5.32 Å². The molecule has 1 unspecified atom stereocenters. The molecular weight excluding hydrogens is 278 g/mol. The lowest BCUT2D eigenvalue weighted by Crippen LogP contribution is -2.28. The SMILES string of the molecule is COc1ccc(C(=O)NC(CCCO)c2ccccc2)cc1. The van der Waals surface area contributed by atoms with Gasteiger partial charge in [0.2, 0.25) is 0 Å². The van der Waals surface area contributed by atoms with Gasteiger partial charge in [0.25, 0.3) is 5.91 Å². The number of methoxy groups -OCH3 is 1. The molecule has 0 saturated heterocycles. The topological polar surface area (TPSA) is 58.6 Å². The van der Waals surface area contributed by atoms with Crippen molar-refractivity contribution in [3.63, 3.8) is 0 Å². The van der Waals surface area contributed by atoms with Crippen LogP contribution in [0.1, 0.15) is 34.8 Å². The Balaban J connectivity index is 2.10. The molecule has 0 radical (unpaired) electrons. The number of aliphatic hydroxyl groups is 1. The summed E-state index contributed by atoms with van der Waals surface area (Å²) in [6, 6.07) is 16.7. The number of aliphatic hydroxyl groups excluding tert-OH is 1. The van der Waals surface area contributed by atoms with Crippen LogP contribution in [0, 0.1) is 0 Å². The number of hydrogen-bond acceptors (Lipinski definition) is 3. The molecule has 0 aliphatic heterocycles. The molecule has 4 nitrogen and oxygen atoms in total. The van der Waals surface area contributed by atoms with Crippen molar-refractivity contribution < 1.29 is 14.6 Å². The maximum absolute atomic E-state index is 12.4. The number of nitrogens with one attached hydrogen (secondary N) is 1. The van der Waals surface area contributed by atoms with Gasteiger partial charge in [-0.05, 0) is 42.7 Å². The molecule has 0 aliphatic rings. The van der Waals surface area contributed by atoms with E-state index < -0.39 is 0 Å². The second kappa shape index (κ2) is 8.20. The van der Waals surface area contributed by atoms with Crippen molar-refractivity contribution in [2.45, 2.75) is 18.9 Å². The Morgan fingerprint density at radius 2 is 1.82 bits per heavy atom. The molecule has 0 saturated carbocycles. The number of ether oxygens (including phenoxy) is 1. The normalized spacial score (nSPS) is 11.7. The largest absolute Gasteiger partial charge is 0.497 e. The van der Waals surface area contributed by atoms with Crippen LogP contribution in [0.5, 0.6) is 5.75 Å². The van der Waals surface area contributed by atoms with Crippen LogP contribution in [0.25, 0.3) is 0 Å². The number of carbonyl (C=O) groups excluding carboxylic acids is 1. The second-order valence-corrected chi connectivity index (χ2v) is 5.03. The molecule has 1 amide bonds. The van der Waals surface area contributed by atoms with Gasteiger partial charge in [-0.2, -0.15) is 0 Å². The fourth-order valence-electron chi connectivity index (χ4n) is 2.29. The summed E-state index contributed by atoms with van der Waals surface area (Å²) in [4.78, 5) is 12.4. The van der Waals surface area contributed by atoms with Gasteiger partial charge in [-0.25, -0.2) is 0 Å². The first-order valence-corrected chi connectivity index (χ1v) is 7.35. The predicted octanol–water partition coefficient (Wildman–Crippen LogP) is 2.94. The molecule has 4 heteroatoms. The molecule has 2 rings (SSSR count). The van der Waals surface area contributed by atoms with E-state index in [1.807, 2.05) is 30.3 Å². The third kappa shape index (κ3) is 4.33. The van der Waals surface area contributed by atoms with E-state index in [-0.39, 0.29) is 18.6 Å². The quantitative estimate of drug-likeness (QED) is 0.826. The summed E-state index contributed by atoms with van der Waals surface area (Å²) in [5.41, 5.74) is 1.63. The molecule has 0 heterocycles. The molecule has 2 aromatic rings. The second-order valence-electron chi connectivity index (χ2n) is 5.03. The Morgan fingerprint density at radius 3 is 2.41 bits per heavy atom. The maximum Gasteiger partial charge on any atom is 0.251 e. The Labute approximate surface area is 130 Å². The molecule has 116 valence electrons. The molecular formula is C18H21NO3. The van der Waals surface area contributed by atoms with Crippen molar-refractivity contribution in [1.82, 2.24) is 5.32 Å². The fraction of sp³-hybridized carbons (Fsp3) is 0.278. The molecule has 2 N–H and O–H groups in total. The highest BCUT2D eigenvalue weighted by Gasteiger charge is 2.15. The van der Waals surface area contributed by atoms with E-state index in [4.69, 9.17) is 9.84 Å². The standard InChI is InChI=1S/C18H21NO3/c1-22-16-11-9-15(10-12-16)18(21)19-17(8-5-13-20)14-6-3-2-4-7-14/h2-4,6-7,9-12,17,20H,5,8,13H2,1H3,(H,19,21). The molecule has 0 bridgehead atoms. The molecule has 22 heavy (non-hydrogen) atoms. The number of rotatable bonds is 7. The van der Waals surface area contributed by atoms with E-state index in [1.165, 1.54) is 0 Å². The minimum atomic E-state index is -0.130. The average molecular weight is 299 g/mol. The van der Waals surface area contributed by atoms with Crippen LogP contribution in [0.3, 0.4) is 0 Å². The van der Waals surface area contributed by atoms with E-state index in [9.17, 15) is 4.79 Å². The van der Waals surface area contributed by atoms with Crippen molar-refractivity contribution in [3.05, 3.63) is 65.7 Å². The van der Waals surface area contributed by atoms with Crippen LogP contribution in [-0.2, 0) is 0 Å². The lowest BCUT2D eigenvalue weighted by atomic mass is 10.0. The van der Waals surface area contributed by atoms with Crippen molar-refractivity contribution in [1.29, 1.82) is 0 Å².